The number of nitrogens with zero attached hydrogens (tertiary/aromatic N) is 1. The van der Waals surface area contributed by atoms with Crippen molar-refractivity contribution >= 4 is 39.8 Å². The molecule has 2 N–H and O–H groups in total. The number of hydrogen-bond donors (Lipinski definition) is 2. The van der Waals surface area contributed by atoms with Crippen LogP contribution >= 0.6 is 24.0 Å². The number of halogens is 1. The molecule has 0 saturated carbocycles. The monoisotopic (exact) mass is 523 g/mol. The lowest BCUT2D eigenvalue weighted by molar-refractivity contribution is 0.303. The summed E-state index contributed by atoms with van der Waals surface area (Å²) < 4.78 is 29.1. The second kappa shape index (κ2) is 12.5. The zero-order valence-corrected chi connectivity index (χ0v) is 20.3. The van der Waals surface area contributed by atoms with Gasteiger partial charge in [0.15, 0.2) is 15.8 Å². The van der Waals surface area contributed by atoms with E-state index in [1.165, 1.54) is 18.4 Å². The van der Waals surface area contributed by atoms with Gasteiger partial charge in [-0.15, -0.1) is 24.0 Å². The van der Waals surface area contributed by atoms with Crippen LogP contribution in [0.25, 0.3) is 0 Å². The molecule has 0 spiro atoms. The van der Waals surface area contributed by atoms with Gasteiger partial charge in [0.05, 0.1) is 18.1 Å². The molecule has 2 rings (SSSR count). The largest absolute Gasteiger partial charge is 0.493 e. The van der Waals surface area contributed by atoms with Crippen LogP contribution in [0.1, 0.15) is 43.7 Å². The highest BCUT2D eigenvalue weighted by Crippen LogP contribution is 2.21. The number of unbranched alkanes of at least 4 members (excludes halogenated alkanes) is 2. The lowest BCUT2D eigenvalue weighted by Crippen LogP contribution is -2.39. The molecular formula is C20H34IN3O3S. The standard InChI is InChI=1S/C20H33N3O3S.HI/c1-4-5-6-10-26-19-12-16(2)7-8-18(19)14-23-20(21-3)22-13-17-9-11-27(24,25)15-17;/h7-8,12,17H,4-6,9-11,13-15H2,1-3H3,(H2,21,22,23);1H. The van der Waals surface area contributed by atoms with Gasteiger partial charge in [-0.3, -0.25) is 4.99 Å². The zero-order chi connectivity index (χ0) is 19.7. The summed E-state index contributed by atoms with van der Waals surface area (Å²) in [6, 6.07) is 6.23. The molecule has 1 aliphatic heterocycles. The van der Waals surface area contributed by atoms with Crippen LogP contribution in [0.15, 0.2) is 23.2 Å². The molecule has 1 fully saturated rings. The molecule has 0 aromatic heterocycles. The maximum atomic E-state index is 11.6. The van der Waals surface area contributed by atoms with Gasteiger partial charge in [0.25, 0.3) is 0 Å². The number of nitrogens with one attached hydrogen (secondary N) is 2. The molecule has 1 saturated heterocycles. The molecule has 160 valence electrons. The van der Waals surface area contributed by atoms with E-state index in [1.54, 1.807) is 7.05 Å². The highest BCUT2D eigenvalue weighted by Gasteiger charge is 2.27. The molecule has 0 bridgehead atoms. The Hall–Kier alpha value is -1.03. The Labute approximate surface area is 186 Å². The summed E-state index contributed by atoms with van der Waals surface area (Å²) in [5.74, 6) is 2.32. The fourth-order valence-electron chi connectivity index (χ4n) is 3.15. The Bertz CT molecular complexity index is 738. The van der Waals surface area contributed by atoms with Gasteiger partial charge in [0.1, 0.15) is 5.75 Å². The van der Waals surface area contributed by atoms with Gasteiger partial charge in [-0.25, -0.2) is 8.42 Å². The highest BCUT2D eigenvalue weighted by atomic mass is 127. The van der Waals surface area contributed by atoms with Crippen molar-refractivity contribution in [2.45, 2.75) is 46.1 Å². The summed E-state index contributed by atoms with van der Waals surface area (Å²) in [5.41, 5.74) is 2.26. The summed E-state index contributed by atoms with van der Waals surface area (Å²) in [5, 5.41) is 6.55. The second-order valence-corrected chi connectivity index (χ2v) is 9.47. The van der Waals surface area contributed by atoms with Gasteiger partial charge in [-0.2, -0.15) is 0 Å². The first-order valence-electron chi connectivity index (χ1n) is 9.80. The molecule has 1 atom stereocenters. The van der Waals surface area contributed by atoms with Crippen molar-refractivity contribution in [2.24, 2.45) is 10.9 Å². The van der Waals surface area contributed by atoms with Crippen LogP contribution in [0, 0.1) is 12.8 Å². The SMILES string of the molecule is CCCCCOc1cc(C)ccc1CNC(=NC)NCC1CCS(=O)(=O)C1.I. The minimum Gasteiger partial charge on any atom is -0.493 e. The van der Waals surface area contributed by atoms with E-state index >= 15 is 0 Å². The first kappa shape index (κ1) is 25.0. The smallest absolute Gasteiger partial charge is 0.191 e. The number of guanidine groups is 1. The van der Waals surface area contributed by atoms with Crippen molar-refractivity contribution in [2.75, 3.05) is 31.7 Å². The molecule has 0 radical (unpaired) electrons. The molecule has 0 amide bonds. The zero-order valence-electron chi connectivity index (χ0n) is 17.2. The number of ether oxygens (including phenoxy) is 1. The van der Waals surface area contributed by atoms with Crippen molar-refractivity contribution < 1.29 is 13.2 Å². The molecular weight excluding hydrogens is 489 g/mol. The van der Waals surface area contributed by atoms with E-state index in [2.05, 4.69) is 47.7 Å². The third kappa shape index (κ3) is 8.55. The van der Waals surface area contributed by atoms with Crippen LogP contribution < -0.4 is 15.4 Å². The van der Waals surface area contributed by atoms with Crippen LogP contribution in [0.3, 0.4) is 0 Å². The van der Waals surface area contributed by atoms with Gasteiger partial charge in [0, 0.05) is 25.7 Å². The predicted molar refractivity (Wildman–Crippen MR) is 127 cm³/mol. The van der Waals surface area contributed by atoms with Crippen LogP contribution in [0.2, 0.25) is 0 Å². The van der Waals surface area contributed by atoms with Crippen molar-refractivity contribution in [3.8, 4) is 5.75 Å². The average Bonchev–Trinajstić information content (AvgIpc) is 2.99. The van der Waals surface area contributed by atoms with Crippen molar-refractivity contribution in [1.82, 2.24) is 10.6 Å². The highest BCUT2D eigenvalue weighted by molar-refractivity contribution is 14.0. The lowest BCUT2D eigenvalue weighted by atomic mass is 10.1. The number of hydrogen-bond acceptors (Lipinski definition) is 4. The average molecular weight is 523 g/mol. The van der Waals surface area contributed by atoms with Crippen molar-refractivity contribution in [1.29, 1.82) is 0 Å². The molecule has 28 heavy (non-hydrogen) atoms. The summed E-state index contributed by atoms with van der Waals surface area (Å²) >= 11 is 0. The molecule has 1 aliphatic rings. The van der Waals surface area contributed by atoms with Crippen LogP contribution in [-0.2, 0) is 16.4 Å². The second-order valence-electron chi connectivity index (χ2n) is 7.24. The number of aliphatic imine (C=N–C) groups is 1. The molecule has 6 nitrogen and oxygen atoms in total. The summed E-state index contributed by atoms with van der Waals surface area (Å²) in [4.78, 5) is 4.24. The van der Waals surface area contributed by atoms with Crippen molar-refractivity contribution in [3.05, 3.63) is 29.3 Å². The van der Waals surface area contributed by atoms with Crippen LogP contribution in [0.4, 0.5) is 0 Å². The maximum absolute atomic E-state index is 11.6. The Morgan fingerprint density at radius 1 is 1.29 bits per heavy atom. The first-order valence-corrected chi connectivity index (χ1v) is 11.6. The van der Waals surface area contributed by atoms with Gasteiger partial charge in [-0.05, 0) is 37.3 Å². The van der Waals surface area contributed by atoms with Gasteiger partial charge in [-0.1, -0.05) is 31.9 Å². The maximum Gasteiger partial charge on any atom is 0.191 e. The topological polar surface area (TPSA) is 79.8 Å². The van der Waals surface area contributed by atoms with Crippen LogP contribution in [-0.4, -0.2) is 46.1 Å². The predicted octanol–water partition coefficient (Wildman–Crippen LogP) is 3.28. The molecule has 0 aliphatic carbocycles. The minimum atomic E-state index is -2.85. The molecule has 1 unspecified atom stereocenters. The van der Waals surface area contributed by atoms with E-state index in [9.17, 15) is 8.42 Å². The quantitative estimate of drug-likeness (QED) is 0.225. The first-order chi connectivity index (χ1) is 12.9. The van der Waals surface area contributed by atoms with E-state index in [-0.39, 0.29) is 35.6 Å². The van der Waals surface area contributed by atoms with E-state index in [4.69, 9.17) is 4.74 Å². The summed E-state index contributed by atoms with van der Waals surface area (Å²) in [6.07, 6.45) is 4.13. The van der Waals surface area contributed by atoms with E-state index < -0.39 is 9.84 Å². The number of rotatable bonds is 9. The van der Waals surface area contributed by atoms with E-state index in [1.807, 2.05) is 0 Å². The van der Waals surface area contributed by atoms with Gasteiger partial charge >= 0.3 is 0 Å². The number of sulfone groups is 1. The molecule has 1 aromatic carbocycles. The Morgan fingerprint density at radius 3 is 2.71 bits per heavy atom. The Kier molecular flexibility index (Phi) is 11.2. The summed E-state index contributed by atoms with van der Waals surface area (Å²) in [7, 11) is -1.12. The summed E-state index contributed by atoms with van der Waals surface area (Å²) in [6.45, 7) is 6.19. The lowest BCUT2D eigenvalue weighted by Gasteiger charge is -2.17. The fraction of sp³-hybridized carbons (Fsp3) is 0.650. The third-order valence-electron chi connectivity index (χ3n) is 4.78. The minimum absolute atomic E-state index is 0. The number of aryl methyl sites for hydroxylation is 1. The van der Waals surface area contributed by atoms with Crippen LogP contribution in [0.5, 0.6) is 5.75 Å². The van der Waals surface area contributed by atoms with E-state index in [0.29, 0.717) is 24.8 Å². The molecule has 8 heteroatoms. The third-order valence-corrected chi connectivity index (χ3v) is 6.62. The Balaban J connectivity index is 0.00000392. The van der Waals surface area contributed by atoms with Crippen molar-refractivity contribution in [3.63, 3.8) is 0 Å². The normalized spacial score (nSPS) is 18.4. The molecule has 1 heterocycles. The molecule has 1 aromatic rings. The fourth-order valence-corrected chi connectivity index (χ4v) is 5.01. The van der Waals surface area contributed by atoms with Gasteiger partial charge < -0.3 is 15.4 Å². The number of benzene rings is 1. The van der Waals surface area contributed by atoms with E-state index in [0.717, 1.165) is 30.8 Å². The van der Waals surface area contributed by atoms with Gasteiger partial charge in [0.2, 0.25) is 0 Å². The Morgan fingerprint density at radius 2 is 2.07 bits per heavy atom.